The quantitative estimate of drug-likeness (QED) is 0.211. The molecule has 0 aliphatic heterocycles. The molecule has 1 aromatic heterocycles. The molecule has 0 bridgehead atoms. The summed E-state index contributed by atoms with van der Waals surface area (Å²) < 4.78 is 5.30. The molecule has 0 radical (unpaired) electrons. The van der Waals surface area contributed by atoms with E-state index in [0.717, 1.165) is 61.4 Å². The fourth-order valence-electron chi connectivity index (χ4n) is 9.03. The normalized spacial score (nSPS) is 35.0. The summed E-state index contributed by atoms with van der Waals surface area (Å²) in [5.41, 5.74) is 9.32. The number of hydrogen-bond donors (Lipinski definition) is 2. The Bertz CT molecular complexity index is 1330. The summed E-state index contributed by atoms with van der Waals surface area (Å²) >= 11 is 0. The number of hydrogen-bond acceptors (Lipinski definition) is 7. The third-order valence-electron chi connectivity index (χ3n) is 11.2. The molecule has 7 nitrogen and oxygen atoms in total. The van der Waals surface area contributed by atoms with Gasteiger partial charge in [-0.1, -0.05) is 19.0 Å². The van der Waals surface area contributed by atoms with Gasteiger partial charge in [0.15, 0.2) is 0 Å². The molecule has 7 heteroatoms. The van der Waals surface area contributed by atoms with Gasteiger partial charge in [0.05, 0.1) is 5.71 Å². The van der Waals surface area contributed by atoms with Crippen molar-refractivity contribution in [3.63, 3.8) is 0 Å². The molecule has 6 atom stereocenters. The first kappa shape index (κ1) is 26.5. The summed E-state index contributed by atoms with van der Waals surface area (Å²) in [6, 6.07) is 7.00. The maximum Gasteiger partial charge on any atom is 0.336 e. The molecule has 0 saturated heterocycles. The Morgan fingerprint density at radius 1 is 1.05 bits per heavy atom. The number of benzene rings is 1. The van der Waals surface area contributed by atoms with E-state index in [4.69, 9.17) is 20.1 Å². The summed E-state index contributed by atoms with van der Waals surface area (Å²) in [5, 5.41) is 9.05. The molecule has 210 valence electrons. The van der Waals surface area contributed by atoms with Gasteiger partial charge in [-0.3, -0.25) is 4.79 Å². The van der Waals surface area contributed by atoms with Crippen LogP contribution in [0.3, 0.4) is 0 Å². The van der Waals surface area contributed by atoms with Gasteiger partial charge in [-0.15, -0.1) is 0 Å². The molecule has 4 aliphatic rings. The number of Topliss-reactive ketones (excluding diaryl/α,β-unsaturated/α-hetero) is 1. The zero-order valence-corrected chi connectivity index (χ0v) is 23.5. The smallest absolute Gasteiger partial charge is 0.336 e. The van der Waals surface area contributed by atoms with Crippen LogP contribution in [0.4, 0.5) is 5.69 Å². The molecule has 0 spiro atoms. The lowest BCUT2D eigenvalue weighted by Gasteiger charge is -2.59. The van der Waals surface area contributed by atoms with Gasteiger partial charge in [0.25, 0.3) is 0 Å². The molecule has 1 heterocycles. The van der Waals surface area contributed by atoms with Crippen molar-refractivity contribution in [2.24, 2.45) is 39.7 Å². The van der Waals surface area contributed by atoms with E-state index in [1.165, 1.54) is 37.8 Å². The summed E-state index contributed by atoms with van der Waals surface area (Å²) in [5.74, 6) is 3.32. The van der Waals surface area contributed by atoms with Crippen molar-refractivity contribution in [3.05, 3.63) is 40.2 Å². The first-order chi connectivity index (χ1) is 18.8. The third kappa shape index (κ3) is 4.81. The number of oxime groups is 1. The van der Waals surface area contributed by atoms with E-state index in [0.29, 0.717) is 47.5 Å². The van der Waals surface area contributed by atoms with Crippen molar-refractivity contribution in [2.45, 2.75) is 78.1 Å². The van der Waals surface area contributed by atoms with Gasteiger partial charge in [-0.05, 0) is 105 Å². The van der Waals surface area contributed by atoms with Crippen LogP contribution in [0.25, 0.3) is 11.0 Å². The minimum Gasteiger partial charge on any atom is -0.423 e. The molecule has 1 aromatic carbocycles. The Kier molecular flexibility index (Phi) is 7.07. The van der Waals surface area contributed by atoms with Crippen LogP contribution < -0.4 is 16.7 Å². The number of carbonyl (C=O) groups excluding carboxylic acids is 1. The van der Waals surface area contributed by atoms with Crippen molar-refractivity contribution in [1.29, 1.82) is 0 Å². The van der Waals surface area contributed by atoms with Gasteiger partial charge in [0.1, 0.15) is 18.0 Å². The third-order valence-corrected chi connectivity index (χ3v) is 11.2. The average molecular weight is 534 g/mol. The molecule has 0 unspecified atom stereocenters. The summed E-state index contributed by atoms with van der Waals surface area (Å²) in [4.78, 5) is 29.9. The van der Waals surface area contributed by atoms with Crippen molar-refractivity contribution in [1.82, 2.24) is 5.32 Å². The van der Waals surface area contributed by atoms with Crippen LogP contribution in [0.2, 0.25) is 0 Å². The number of nitrogens with one attached hydrogen (secondary N) is 1. The van der Waals surface area contributed by atoms with Gasteiger partial charge in [-0.25, -0.2) is 4.79 Å². The van der Waals surface area contributed by atoms with E-state index in [9.17, 15) is 9.59 Å². The zero-order valence-electron chi connectivity index (χ0n) is 23.5. The Morgan fingerprint density at radius 3 is 2.79 bits per heavy atom. The van der Waals surface area contributed by atoms with E-state index in [-0.39, 0.29) is 11.0 Å². The van der Waals surface area contributed by atoms with Gasteiger partial charge >= 0.3 is 5.63 Å². The monoisotopic (exact) mass is 533 g/mol. The minimum atomic E-state index is -0.351. The highest BCUT2D eigenvalue weighted by Gasteiger charge is 2.59. The van der Waals surface area contributed by atoms with Crippen LogP contribution in [0.15, 0.2) is 38.6 Å². The lowest BCUT2D eigenvalue weighted by atomic mass is 9.45. The van der Waals surface area contributed by atoms with Crippen LogP contribution in [0, 0.1) is 34.5 Å². The van der Waals surface area contributed by atoms with Crippen LogP contribution in [-0.2, 0) is 16.1 Å². The molecule has 39 heavy (non-hydrogen) atoms. The molecule has 4 saturated carbocycles. The SMILES string of the molecule is C[C@]12CCC(=O)C[C@@H]1CC[C@@H]1[C@@H]2CC[C@]2(C)/C(=N\OCCNCCc3cc(=O)oc4cc(N)ccc34)CC[C@@H]12. The minimum absolute atomic E-state index is 0.154. The Hall–Kier alpha value is -2.67. The largest absolute Gasteiger partial charge is 0.423 e. The van der Waals surface area contributed by atoms with Gasteiger partial charge in [0, 0.05) is 48.0 Å². The average Bonchev–Trinajstić information content (AvgIpc) is 3.24. The van der Waals surface area contributed by atoms with Crippen LogP contribution in [0.5, 0.6) is 0 Å². The lowest BCUT2D eigenvalue weighted by molar-refractivity contribution is -0.136. The maximum atomic E-state index is 12.2. The highest BCUT2D eigenvalue weighted by molar-refractivity contribution is 5.92. The topological polar surface area (TPSA) is 107 Å². The number of nitrogens with zero attached hydrogens (tertiary/aromatic N) is 1. The van der Waals surface area contributed by atoms with E-state index < -0.39 is 0 Å². The summed E-state index contributed by atoms with van der Waals surface area (Å²) in [7, 11) is 0. The molecular formula is C32H43N3O4. The van der Waals surface area contributed by atoms with Crippen molar-refractivity contribution in [3.8, 4) is 0 Å². The Labute approximate surface area is 230 Å². The second-order valence-corrected chi connectivity index (χ2v) is 13.1. The Balaban J connectivity index is 1.01. The molecule has 6 rings (SSSR count). The highest BCUT2D eigenvalue weighted by atomic mass is 16.6. The van der Waals surface area contributed by atoms with Crippen molar-refractivity contribution < 1.29 is 14.0 Å². The van der Waals surface area contributed by atoms with E-state index in [1.807, 2.05) is 12.1 Å². The number of fused-ring (bicyclic) bond motifs is 6. The second kappa shape index (κ2) is 10.4. The molecular weight excluding hydrogens is 490 g/mol. The second-order valence-electron chi connectivity index (χ2n) is 13.1. The van der Waals surface area contributed by atoms with Crippen molar-refractivity contribution >= 4 is 28.2 Å². The van der Waals surface area contributed by atoms with E-state index in [1.54, 1.807) is 12.1 Å². The predicted octanol–water partition coefficient (Wildman–Crippen LogP) is 5.49. The Morgan fingerprint density at radius 2 is 1.92 bits per heavy atom. The summed E-state index contributed by atoms with van der Waals surface area (Å²) in [6.45, 7) is 6.91. The lowest BCUT2D eigenvalue weighted by Crippen LogP contribution is -2.53. The zero-order chi connectivity index (χ0) is 27.2. The number of carbonyl (C=O) groups is 1. The molecule has 4 aliphatic carbocycles. The van der Waals surface area contributed by atoms with Gasteiger partial charge in [0.2, 0.25) is 0 Å². The van der Waals surface area contributed by atoms with Crippen LogP contribution in [-0.4, -0.2) is 31.2 Å². The van der Waals surface area contributed by atoms with Crippen LogP contribution in [0.1, 0.15) is 77.2 Å². The van der Waals surface area contributed by atoms with E-state index in [2.05, 4.69) is 19.2 Å². The molecule has 2 aromatic rings. The summed E-state index contributed by atoms with van der Waals surface area (Å²) in [6.07, 6.45) is 10.7. The fraction of sp³-hybridized carbons (Fsp3) is 0.656. The number of rotatable bonds is 7. The van der Waals surface area contributed by atoms with Crippen molar-refractivity contribution in [2.75, 3.05) is 25.4 Å². The predicted molar refractivity (Wildman–Crippen MR) is 154 cm³/mol. The maximum absolute atomic E-state index is 12.2. The molecule has 0 amide bonds. The first-order valence-electron chi connectivity index (χ1n) is 15.0. The fourth-order valence-corrected chi connectivity index (χ4v) is 9.03. The molecule has 4 fully saturated rings. The van der Waals surface area contributed by atoms with E-state index >= 15 is 0 Å². The highest BCUT2D eigenvalue weighted by Crippen LogP contribution is 2.65. The van der Waals surface area contributed by atoms with Crippen LogP contribution >= 0.6 is 0 Å². The number of ketones is 1. The van der Waals surface area contributed by atoms with Gasteiger partial charge < -0.3 is 20.3 Å². The number of nitrogens with two attached hydrogens (primary N) is 1. The number of nitrogen functional groups attached to an aromatic ring is 1. The number of anilines is 1. The molecule has 3 N–H and O–H groups in total. The standard InChI is InChI=1S/C32H43N3O4/c1-31-12-9-23(36)18-21(31)3-5-25-26-7-8-29(32(26,2)13-10-27(25)31)35-38-16-15-34-14-11-20-17-30(37)39-28-19-22(33)4-6-24(20)28/h4,6,17,19,21,25-27,34H,3,5,7-16,18,33H2,1-2H3/b35-29-/t21-,25-,26-,27-,31-,32-/m0/s1. The van der Waals surface area contributed by atoms with Gasteiger partial charge in [-0.2, -0.15) is 0 Å². The first-order valence-corrected chi connectivity index (χ1v) is 15.0.